The molecular formula is C26H20Cl2N4O2S2. The molecule has 0 fully saturated rings. The lowest BCUT2D eigenvalue weighted by atomic mass is 10.1. The molecule has 0 aliphatic carbocycles. The molecule has 0 saturated carbocycles. The zero-order chi connectivity index (χ0) is 24.5. The smallest absolute Gasteiger partial charge is 0.236 e. The van der Waals surface area contributed by atoms with E-state index in [9.17, 15) is 0 Å². The van der Waals surface area contributed by atoms with Crippen molar-refractivity contribution >= 4 is 57.5 Å². The van der Waals surface area contributed by atoms with Crippen molar-refractivity contribution < 1.29 is 9.68 Å². The van der Waals surface area contributed by atoms with Gasteiger partial charge in [-0.2, -0.15) is 0 Å². The Morgan fingerprint density at radius 2 is 1.06 bits per heavy atom. The standard InChI is InChI=1S/C26H20Cl2N4O2S2/c27-19-9-5-17(6-10-19)23-29-33-25(21-3-1-15-35-21)31(23)13-14-32-24(18-7-11-20(28)12-8-18)30-34-26(32)22-4-2-16-36-22/h1-12,15-16,25-26H,13-14H2. The van der Waals surface area contributed by atoms with Crippen LogP contribution in [0.25, 0.3) is 0 Å². The zero-order valence-electron chi connectivity index (χ0n) is 18.8. The second-order valence-electron chi connectivity index (χ2n) is 8.18. The number of hydrogen-bond acceptors (Lipinski definition) is 8. The first kappa shape index (κ1) is 23.4. The Kier molecular flexibility index (Phi) is 6.58. The van der Waals surface area contributed by atoms with Gasteiger partial charge >= 0.3 is 0 Å². The molecule has 10 heteroatoms. The summed E-state index contributed by atoms with van der Waals surface area (Å²) in [6.45, 7) is 1.25. The fourth-order valence-electron chi connectivity index (χ4n) is 4.21. The summed E-state index contributed by atoms with van der Waals surface area (Å²) in [7, 11) is 0. The van der Waals surface area contributed by atoms with Crippen LogP contribution >= 0.6 is 45.9 Å². The average Bonchev–Trinajstić information content (AvgIpc) is 3.70. The Balaban J connectivity index is 1.30. The van der Waals surface area contributed by atoms with Crippen LogP contribution in [0.4, 0.5) is 0 Å². The fourth-order valence-corrected chi connectivity index (χ4v) is 5.98. The van der Waals surface area contributed by atoms with Crippen molar-refractivity contribution in [1.29, 1.82) is 0 Å². The maximum Gasteiger partial charge on any atom is 0.236 e. The molecule has 2 atom stereocenters. The summed E-state index contributed by atoms with van der Waals surface area (Å²) in [6, 6.07) is 23.5. The molecule has 0 amide bonds. The topological polar surface area (TPSA) is 49.7 Å². The van der Waals surface area contributed by atoms with E-state index >= 15 is 0 Å². The highest BCUT2D eigenvalue weighted by molar-refractivity contribution is 7.10. The molecule has 6 nitrogen and oxygen atoms in total. The highest BCUT2D eigenvalue weighted by Crippen LogP contribution is 2.36. The van der Waals surface area contributed by atoms with E-state index < -0.39 is 0 Å². The van der Waals surface area contributed by atoms with Gasteiger partial charge < -0.3 is 19.5 Å². The summed E-state index contributed by atoms with van der Waals surface area (Å²) in [5.74, 6) is 1.53. The Bertz CT molecular complexity index is 1270. The second-order valence-corrected chi connectivity index (χ2v) is 11.0. The van der Waals surface area contributed by atoms with E-state index in [0.717, 1.165) is 32.6 Å². The van der Waals surface area contributed by atoms with E-state index in [-0.39, 0.29) is 12.5 Å². The normalized spacial score (nSPS) is 19.2. The summed E-state index contributed by atoms with van der Waals surface area (Å²) >= 11 is 15.6. The maximum absolute atomic E-state index is 6.14. The van der Waals surface area contributed by atoms with Gasteiger partial charge in [-0.1, -0.05) is 45.6 Å². The quantitative estimate of drug-likeness (QED) is 0.242. The van der Waals surface area contributed by atoms with Crippen molar-refractivity contribution in [1.82, 2.24) is 9.80 Å². The summed E-state index contributed by atoms with van der Waals surface area (Å²) in [4.78, 5) is 18.4. The van der Waals surface area contributed by atoms with Crippen LogP contribution < -0.4 is 0 Å². The number of halogens is 2. The molecule has 2 aromatic carbocycles. The Morgan fingerprint density at radius 1 is 0.639 bits per heavy atom. The van der Waals surface area contributed by atoms with Crippen molar-refractivity contribution in [2.75, 3.05) is 13.1 Å². The van der Waals surface area contributed by atoms with Crippen LogP contribution in [0.1, 0.15) is 33.3 Å². The summed E-state index contributed by atoms with van der Waals surface area (Å²) in [6.07, 6.45) is -0.620. The Hall–Kier alpha value is -3.04. The van der Waals surface area contributed by atoms with Crippen LogP contribution in [0.15, 0.2) is 93.9 Å². The van der Waals surface area contributed by atoms with Crippen molar-refractivity contribution in [2.24, 2.45) is 10.3 Å². The average molecular weight is 556 g/mol. The van der Waals surface area contributed by atoms with E-state index in [1.165, 1.54) is 0 Å². The van der Waals surface area contributed by atoms with Gasteiger partial charge in [0.1, 0.15) is 0 Å². The molecule has 6 rings (SSSR count). The van der Waals surface area contributed by atoms with Gasteiger partial charge in [0.15, 0.2) is 11.7 Å². The van der Waals surface area contributed by atoms with Crippen molar-refractivity contribution in [3.63, 3.8) is 0 Å². The number of rotatable bonds is 7. The van der Waals surface area contributed by atoms with Gasteiger partial charge in [-0.05, 0) is 71.4 Å². The number of oxime groups is 2. The SMILES string of the molecule is Clc1ccc(C2=NOC(c3cccs3)N2CCN2C(c3ccc(Cl)cc3)=NOC2c2cccs2)cc1. The lowest BCUT2D eigenvalue weighted by Crippen LogP contribution is -2.41. The monoisotopic (exact) mass is 554 g/mol. The highest BCUT2D eigenvalue weighted by atomic mass is 35.5. The lowest BCUT2D eigenvalue weighted by Gasteiger charge is -2.30. The van der Waals surface area contributed by atoms with Gasteiger partial charge in [-0.25, -0.2) is 0 Å². The first-order valence-electron chi connectivity index (χ1n) is 11.3. The van der Waals surface area contributed by atoms with E-state index in [1.54, 1.807) is 22.7 Å². The third kappa shape index (κ3) is 4.57. The Labute approximate surface area is 226 Å². The number of hydrogen-bond donors (Lipinski definition) is 0. The van der Waals surface area contributed by atoms with Crippen LogP contribution in [-0.2, 0) is 9.68 Å². The van der Waals surface area contributed by atoms with Gasteiger partial charge in [0.2, 0.25) is 12.5 Å². The molecule has 0 N–H and O–H groups in total. The van der Waals surface area contributed by atoms with Crippen molar-refractivity contribution in [3.05, 3.63) is 114 Å². The van der Waals surface area contributed by atoms with Gasteiger partial charge in [-0.3, -0.25) is 0 Å². The number of thiophene rings is 2. The van der Waals surface area contributed by atoms with Crippen LogP contribution in [0, 0.1) is 0 Å². The maximum atomic E-state index is 6.14. The van der Waals surface area contributed by atoms with E-state index in [4.69, 9.17) is 32.9 Å². The molecule has 0 radical (unpaired) electrons. The van der Waals surface area contributed by atoms with E-state index in [1.807, 2.05) is 71.4 Å². The van der Waals surface area contributed by atoms with Gasteiger partial charge in [-0.15, -0.1) is 22.7 Å². The Morgan fingerprint density at radius 3 is 1.42 bits per heavy atom. The van der Waals surface area contributed by atoms with Gasteiger partial charge in [0.25, 0.3) is 0 Å². The van der Waals surface area contributed by atoms with Gasteiger partial charge in [0, 0.05) is 34.3 Å². The number of amidine groups is 2. The molecule has 2 aliphatic heterocycles. The molecule has 0 spiro atoms. The van der Waals surface area contributed by atoms with Crippen molar-refractivity contribution in [3.8, 4) is 0 Å². The first-order chi connectivity index (χ1) is 17.7. The molecule has 0 bridgehead atoms. The molecule has 2 aliphatic rings. The predicted molar refractivity (Wildman–Crippen MR) is 146 cm³/mol. The highest BCUT2D eigenvalue weighted by Gasteiger charge is 2.37. The minimum atomic E-state index is -0.310. The number of benzene rings is 2. The second kappa shape index (κ2) is 10.1. The first-order valence-corrected chi connectivity index (χ1v) is 13.8. The largest absolute Gasteiger partial charge is 0.362 e. The van der Waals surface area contributed by atoms with Crippen LogP contribution in [0.2, 0.25) is 10.0 Å². The summed E-state index contributed by atoms with van der Waals surface area (Å²) < 4.78 is 0. The fraction of sp³-hybridized carbons (Fsp3) is 0.154. The van der Waals surface area contributed by atoms with Crippen LogP contribution in [0.5, 0.6) is 0 Å². The molecule has 0 saturated heterocycles. The zero-order valence-corrected chi connectivity index (χ0v) is 22.0. The molecule has 36 heavy (non-hydrogen) atoms. The third-order valence-corrected chi connectivity index (χ3v) is 8.26. The minimum absolute atomic E-state index is 0.310. The molecule has 4 aromatic rings. The lowest BCUT2D eigenvalue weighted by molar-refractivity contribution is -0.00819. The van der Waals surface area contributed by atoms with E-state index in [2.05, 4.69) is 32.2 Å². The van der Waals surface area contributed by atoms with E-state index in [0.29, 0.717) is 23.1 Å². The summed E-state index contributed by atoms with van der Waals surface area (Å²) in [5, 5.41) is 14.4. The number of nitrogens with zero attached hydrogens (tertiary/aromatic N) is 4. The van der Waals surface area contributed by atoms with Crippen molar-refractivity contribution in [2.45, 2.75) is 12.5 Å². The minimum Gasteiger partial charge on any atom is -0.362 e. The molecule has 4 heterocycles. The van der Waals surface area contributed by atoms with Crippen LogP contribution in [0.3, 0.4) is 0 Å². The summed E-state index contributed by atoms with van der Waals surface area (Å²) in [5.41, 5.74) is 1.88. The van der Waals surface area contributed by atoms with Crippen LogP contribution in [-0.4, -0.2) is 34.6 Å². The molecule has 182 valence electrons. The van der Waals surface area contributed by atoms with Gasteiger partial charge in [0.05, 0.1) is 9.75 Å². The predicted octanol–water partition coefficient (Wildman–Crippen LogP) is 7.20. The molecule has 2 aromatic heterocycles. The molecular weight excluding hydrogens is 535 g/mol. The molecule has 2 unspecified atom stereocenters. The third-order valence-electron chi connectivity index (χ3n) is 5.95.